The number of carbonyl (C=O) groups excluding carboxylic acids is 1. The van der Waals surface area contributed by atoms with Crippen LogP contribution >= 0.6 is 0 Å². The quantitative estimate of drug-likeness (QED) is 0.831. The average molecular weight is 341 g/mol. The van der Waals surface area contributed by atoms with Crippen LogP contribution in [0.4, 0.5) is 5.69 Å². The number of amides is 1. The normalized spacial score (nSPS) is 23.7. The van der Waals surface area contributed by atoms with Crippen molar-refractivity contribution in [3.05, 3.63) is 42.5 Å². The second-order valence-corrected chi connectivity index (χ2v) is 6.99. The van der Waals surface area contributed by atoms with E-state index in [1.807, 2.05) is 29.2 Å². The Kier molecular flexibility index (Phi) is 4.50. The minimum absolute atomic E-state index is 0.0948. The third kappa shape index (κ3) is 3.72. The third-order valence-corrected chi connectivity index (χ3v) is 5.02. The summed E-state index contributed by atoms with van der Waals surface area (Å²) < 4.78 is 1.91. The summed E-state index contributed by atoms with van der Waals surface area (Å²) in [5.74, 6) is 0.279. The third-order valence-electron chi connectivity index (χ3n) is 5.02. The van der Waals surface area contributed by atoms with Crippen LogP contribution in [0.5, 0.6) is 0 Å². The van der Waals surface area contributed by atoms with Gasteiger partial charge in [0, 0.05) is 43.6 Å². The highest BCUT2D eigenvalue weighted by molar-refractivity contribution is 5.93. The van der Waals surface area contributed by atoms with Crippen LogP contribution < -0.4 is 5.32 Å². The van der Waals surface area contributed by atoms with E-state index in [0.717, 1.165) is 43.6 Å². The van der Waals surface area contributed by atoms with Gasteiger partial charge < -0.3 is 10.4 Å². The Hall–Kier alpha value is -2.25. The standard InChI is InChI=1S/C18H23N5O2/c24-12-17-6-16(11-22(17)9-13-2-1-5-19-7-13)23-10-15(8-20-23)21-18(25)14-3-4-14/h1-2,5,7-8,10,14,16-17,24H,3-4,6,9,11-12H2,(H,21,25)/t16-,17-/m0/s1. The summed E-state index contributed by atoms with van der Waals surface area (Å²) in [6.45, 7) is 1.71. The van der Waals surface area contributed by atoms with Crippen molar-refractivity contribution in [1.29, 1.82) is 0 Å². The van der Waals surface area contributed by atoms with Gasteiger partial charge in [0.2, 0.25) is 5.91 Å². The number of aliphatic hydroxyl groups is 1. The molecule has 0 bridgehead atoms. The molecule has 25 heavy (non-hydrogen) atoms. The van der Waals surface area contributed by atoms with Gasteiger partial charge in [-0.25, -0.2) is 0 Å². The lowest BCUT2D eigenvalue weighted by Gasteiger charge is -2.22. The van der Waals surface area contributed by atoms with Crippen LogP contribution in [-0.2, 0) is 11.3 Å². The number of pyridine rings is 1. The molecule has 1 aliphatic heterocycles. The van der Waals surface area contributed by atoms with Crippen LogP contribution in [0.25, 0.3) is 0 Å². The van der Waals surface area contributed by atoms with Crippen molar-refractivity contribution in [3.8, 4) is 0 Å². The molecule has 2 aromatic rings. The Morgan fingerprint density at radius 2 is 2.24 bits per heavy atom. The van der Waals surface area contributed by atoms with Gasteiger partial charge in [-0.15, -0.1) is 0 Å². The number of anilines is 1. The predicted octanol–water partition coefficient (Wildman–Crippen LogP) is 1.43. The maximum absolute atomic E-state index is 11.9. The minimum atomic E-state index is 0.0948. The van der Waals surface area contributed by atoms with E-state index in [4.69, 9.17) is 0 Å². The molecule has 132 valence electrons. The zero-order chi connectivity index (χ0) is 17.2. The molecule has 2 atom stereocenters. The van der Waals surface area contributed by atoms with Crippen molar-refractivity contribution >= 4 is 11.6 Å². The molecule has 2 fully saturated rings. The van der Waals surface area contributed by atoms with Gasteiger partial charge in [0.1, 0.15) is 0 Å². The lowest BCUT2D eigenvalue weighted by molar-refractivity contribution is -0.117. The Labute approximate surface area is 146 Å². The lowest BCUT2D eigenvalue weighted by atomic mass is 10.2. The number of likely N-dealkylation sites (tertiary alicyclic amines) is 1. The molecular formula is C18H23N5O2. The number of hydrogen-bond donors (Lipinski definition) is 2. The van der Waals surface area contributed by atoms with E-state index < -0.39 is 0 Å². The number of nitrogens with one attached hydrogen (secondary N) is 1. The highest BCUT2D eigenvalue weighted by Crippen LogP contribution is 2.31. The molecule has 4 rings (SSSR count). The first kappa shape index (κ1) is 16.2. The number of aliphatic hydroxyl groups excluding tert-OH is 1. The maximum atomic E-state index is 11.9. The van der Waals surface area contributed by atoms with Gasteiger partial charge in [-0.2, -0.15) is 5.10 Å². The number of rotatable bonds is 6. The van der Waals surface area contributed by atoms with E-state index in [1.165, 1.54) is 0 Å². The molecule has 7 nitrogen and oxygen atoms in total. The molecule has 1 saturated heterocycles. The predicted molar refractivity (Wildman–Crippen MR) is 92.8 cm³/mol. The summed E-state index contributed by atoms with van der Waals surface area (Å²) in [5, 5.41) is 17.1. The number of nitrogens with zero attached hydrogens (tertiary/aromatic N) is 4. The maximum Gasteiger partial charge on any atom is 0.227 e. The zero-order valence-corrected chi connectivity index (χ0v) is 14.1. The summed E-state index contributed by atoms with van der Waals surface area (Å²) >= 11 is 0. The first-order chi connectivity index (χ1) is 12.2. The number of aromatic nitrogens is 3. The van der Waals surface area contributed by atoms with Gasteiger partial charge >= 0.3 is 0 Å². The molecule has 2 aromatic heterocycles. The molecule has 2 aliphatic rings. The van der Waals surface area contributed by atoms with Crippen molar-refractivity contribution in [1.82, 2.24) is 19.7 Å². The summed E-state index contributed by atoms with van der Waals surface area (Å²) in [7, 11) is 0. The van der Waals surface area contributed by atoms with Gasteiger partial charge in [0.15, 0.2) is 0 Å². The van der Waals surface area contributed by atoms with Crippen LogP contribution in [0.2, 0.25) is 0 Å². The van der Waals surface area contributed by atoms with E-state index in [1.54, 1.807) is 12.4 Å². The lowest BCUT2D eigenvalue weighted by Crippen LogP contribution is -2.31. The van der Waals surface area contributed by atoms with E-state index >= 15 is 0 Å². The van der Waals surface area contributed by atoms with Crippen molar-refractivity contribution in [3.63, 3.8) is 0 Å². The topological polar surface area (TPSA) is 83.3 Å². The van der Waals surface area contributed by atoms with Crippen molar-refractivity contribution in [2.45, 2.75) is 37.9 Å². The Morgan fingerprint density at radius 1 is 1.36 bits per heavy atom. The van der Waals surface area contributed by atoms with E-state index in [9.17, 15) is 9.90 Å². The van der Waals surface area contributed by atoms with Gasteiger partial charge in [0.25, 0.3) is 0 Å². The van der Waals surface area contributed by atoms with Crippen LogP contribution in [0.15, 0.2) is 36.9 Å². The van der Waals surface area contributed by atoms with Crippen molar-refractivity contribution in [2.24, 2.45) is 5.92 Å². The average Bonchev–Trinajstić information content (AvgIpc) is 3.26. The van der Waals surface area contributed by atoms with Gasteiger partial charge in [-0.3, -0.25) is 19.4 Å². The van der Waals surface area contributed by atoms with Crippen molar-refractivity contribution in [2.75, 3.05) is 18.5 Å². The Bertz CT molecular complexity index is 728. The molecule has 1 saturated carbocycles. The SMILES string of the molecule is O=C(Nc1cnn([C@H]2C[C@@H](CO)N(Cc3cccnc3)C2)c1)C1CC1. The van der Waals surface area contributed by atoms with Crippen LogP contribution in [0, 0.1) is 5.92 Å². The van der Waals surface area contributed by atoms with Crippen LogP contribution in [-0.4, -0.2) is 49.9 Å². The fourth-order valence-electron chi connectivity index (χ4n) is 3.45. The molecule has 0 aromatic carbocycles. The molecule has 7 heteroatoms. The van der Waals surface area contributed by atoms with E-state index in [-0.39, 0.29) is 30.5 Å². The number of carbonyl (C=O) groups is 1. The molecule has 3 heterocycles. The van der Waals surface area contributed by atoms with Crippen LogP contribution in [0.1, 0.15) is 30.9 Å². The second kappa shape index (κ2) is 6.93. The Morgan fingerprint density at radius 3 is 2.96 bits per heavy atom. The Balaban J connectivity index is 1.41. The summed E-state index contributed by atoms with van der Waals surface area (Å²) in [5.41, 5.74) is 1.89. The molecule has 1 aliphatic carbocycles. The smallest absolute Gasteiger partial charge is 0.227 e. The monoisotopic (exact) mass is 341 g/mol. The zero-order valence-electron chi connectivity index (χ0n) is 14.1. The summed E-state index contributed by atoms with van der Waals surface area (Å²) in [4.78, 5) is 18.3. The minimum Gasteiger partial charge on any atom is -0.395 e. The van der Waals surface area contributed by atoms with Gasteiger partial charge in [-0.05, 0) is 30.9 Å². The summed E-state index contributed by atoms with van der Waals surface area (Å²) in [6, 6.07) is 4.28. The van der Waals surface area contributed by atoms with E-state index in [0.29, 0.717) is 0 Å². The first-order valence-electron chi connectivity index (χ1n) is 8.82. The highest BCUT2D eigenvalue weighted by Gasteiger charge is 2.33. The second-order valence-electron chi connectivity index (χ2n) is 6.99. The fraction of sp³-hybridized carbons (Fsp3) is 0.500. The molecule has 0 unspecified atom stereocenters. The number of hydrogen-bond acceptors (Lipinski definition) is 5. The molecule has 0 spiro atoms. The van der Waals surface area contributed by atoms with Gasteiger partial charge in [0.05, 0.1) is 24.5 Å². The molecule has 2 N–H and O–H groups in total. The first-order valence-corrected chi connectivity index (χ1v) is 8.82. The van der Waals surface area contributed by atoms with Gasteiger partial charge in [-0.1, -0.05) is 6.07 Å². The largest absolute Gasteiger partial charge is 0.395 e. The molecule has 0 radical (unpaired) electrons. The van der Waals surface area contributed by atoms with Crippen molar-refractivity contribution < 1.29 is 9.90 Å². The highest BCUT2D eigenvalue weighted by atomic mass is 16.3. The van der Waals surface area contributed by atoms with Crippen LogP contribution in [0.3, 0.4) is 0 Å². The van der Waals surface area contributed by atoms with E-state index in [2.05, 4.69) is 20.3 Å². The molecule has 1 amide bonds. The summed E-state index contributed by atoms with van der Waals surface area (Å²) in [6.07, 6.45) is 10.1. The fourth-order valence-corrected chi connectivity index (χ4v) is 3.45. The molecular weight excluding hydrogens is 318 g/mol.